The molecule has 198 valence electrons. The molecular formula is C27H29N5O5S. The fourth-order valence-corrected chi connectivity index (χ4v) is 5.23. The van der Waals surface area contributed by atoms with Gasteiger partial charge in [-0.1, -0.05) is 36.0 Å². The molecule has 2 N–H and O–H groups in total. The summed E-state index contributed by atoms with van der Waals surface area (Å²) in [5, 5.41) is 11.6. The summed E-state index contributed by atoms with van der Waals surface area (Å²) < 4.78 is 18.2. The number of hydrogen-bond donors (Lipinski definition) is 2. The number of benzene rings is 2. The molecule has 1 amide bonds. The molecule has 1 fully saturated rings. The van der Waals surface area contributed by atoms with Gasteiger partial charge in [-0.15, -0.1) is 5.10 Å². The molecule has 0 aliphatic carbocycles. The predicted molar refractivity (Wildman–Crippen MR) is 144 cm³/mol. The molecule has 3 aromatic rings. The number of carbonyl (C=O) groups is 2. The van der Waals surface area contributed by atoms with Crippen LogP contribution in [0.3, 0.4) is 0 Å². The van der Waals surface area contributed by atoms with E-state index in [4.69, 9.17) is 19.3 Å². The number of Topliss-reactive ketones (excluding diaryl/α,β-unsaturated/α-hetero) is 1. The van der Waals surface area contributed by atoms with Gasteiger partial charge < -0.3 is 24.8 Å². The van der Waals surface area contributed by atoms with Crippen molar-refractivity contribution in [1.29, 1.82) is 0 Å². The maximum Gasteiger partial charge on any atom is 0.255 e. The maximum absolute atomic E-state index is 13.7. The highest BCUT2D eigenvalue weighted by molar-refractivity contribution is 7.99. The van der Waals surface area contributed by atoms with E-state index in [1.807, 2.05) is 31.2 Å². The molecular weight excluding hydrogens is 506 g/mol. The fourth-order valence-electron chi connectivity index (χ4n) is 4.44. The monoisotopic (exact) mass is 535 g/mol. The molecule has 3 heterocycles. The van der Waals surface area contributed by atoms with E-state index < -0.39 is 6.04 Å². The summed E-state index contributed by atoms with van der Waals surface area (Å²) >= 11 is 1.50. The van der Waals surface area contributed by atoms with Gasteiger partial charge in [0.15, 0.2) is 12.1 Å². The summed E-state index contributed by atoms with van der Waals surface area (Å²) in [7, 11) is 1.60. The molecule has 10 nitrogen and oxygen atoms in total. The highest BCUT2D eigenvalue weighted by Gasteiger charge is 2.34. The molecule has 1 atom stereocenters. The zero-order valence-corrected chi connectivity index (χ0v) is 22.2. The minimum atomic E-state index is -0.555. The van der Waals surface area contributed by atoms with Crippen LogP contribution in [0.15, 0.2) is 65.0 Å². The smallest absolute Gasteiger partial charge is 0.255 e. The first-order valence-electron chi connectivity index (χ1n) is 12.3. The van der Waals surface area contributed by atoms with E-state index in [0.29, 0.717) is 52.6 Å². The Morgan fingerprint density at radius 3 is 2.74 bits per heavy atom. The maximum atomic E-state index is 13.7. The third kappa shape index (κ3) is 5.59. The molecule has 0 saturated carbocycles. The number of ether oxygens (including phenoxy) is 3. The second-order valence-corrected chi connectivity index (χ2v) is 9.97. The van der Waals surface area contributed by atoms with Gasteiger partial charge in [0.25, 0.3) is 5.91 Å². The first kappa shape index (κ1) is 26.0. The number of anilines is 2. The Morgan fingerprint density at radius 1 is 1.18 bits per heavy atom. The van der Waals surface area contributed by atoms with Crippen molar-refractivity contribution in [3.05, 3.63) is 70.9 Å². The number of allylic oxidation sites excluding steroid dienone is 1. The Bertz CT molecular complexity index is 1380. The van der Waals surface area contributed by atoms with Crippen LogP contribution in [0.2, 0.25) is 0 Å². The van der Waals surface area contributed by atoms with E-state index in [1.165, 1.54) is 18.7 Å². The van der Waals surface area contributed by atoms with Crippen LogP contribution in [0.4, 0.5) is 11.6 Å². The number of nitrogens with zero attached hydrogens (tertiary/aromatic N) is 3. The van der Waals surface area contributed by atoms with E-state index in [2.05, 4.69) is 15.6 Å². The van der Waals surface area contributed by atoms with Crippen molar-refractivity contribution in [3.8, 4) is 5.75 Å². The average molecular weight is 536 g/mol. The Morgan fingerprint density at radius 2 is 1.97 bits per heavy atom. The summed E-state index contributed by atoms with van der Waals surface area (Å²) in [6.45, 7) is 4.57. The van der Waals surface area contributed by atoms with Gasteiger partial charge in [0.05, 0.1) is 25.9 Å². The molecule has 2 aliphatic heterocycles. The Kier molecular flexibility index (Phi) is 7.77. The number of aromatic nitrogens is 3. The van der Waals surface area contributed by atoms with Crippen molar-refractivity contribution in [2.45, 2.75) is 37.8 Å². The molecule has 1 unspecified atom stereocenters. The number of thioether (sulfide) groups is 1. The molecule has 0 spiro atoms. The summed E-state index contributed by atoms with van der Waals surface area (Å²) in [4.78, 5) is 30.2. The summed E-state index contributed by atoms with van der Waals surface area (Å²) in [6.07, 6.45) is 0.536. The molecule has 1 aromatic heterocycles. The molecule has 11 heteroatoms. The van der Waals surface area contributed by atoms with Gasteiger partial charge in [-0.3, -0.25) is 9.59 Å². The highest BCUT2D eigenvalue weighted by atomic mass is 32.2. The molecule has 5 rings (SSSR count). The first-order valence-corrected chi connectivity index (χ1v) is 13.3. The molecule has 0 bridgehead atoms. The van der Waals surface area contributed by atoms with E-state index in [9.17, 15) is 9.59 Å². The number of hydrogen-bond acceptors (Lipinski definition) is 9. The SMILES string of the molecule is COc1cccc(C2C(C(=O)Nc3cccc(C(C)=O)c3)=C(C)Nc3nc(SCCC4OCCO4)nn32)c1. The first-order chi connectivity index (χ1) is 18.4. The van der Waals surface area contributed by atoms with Crippen LogP contribution in [0.1, 0.15) is 42.2 Å². The lowest BCUT2D eigenvalue weighted by Gasteiger charge is -2.29. The third-order valence-electron chi connectivity index (χ3n) is 6.29. The lowest BCUT2D eigenvalue weighted by atomic mass is 9.94. The Hall–Kier alpha value is -3.67. The van der Waals surface area contributed by atoms with Crippen molar-refractivity contribution in [1.82, 2.24) is 14.8 Å². The summed E-state index contributed by atoms with van der Waals surface area (Å²) in [5.41, 5.74) is 3.01. The van der Waals surface area contributed by atoms with Gasteiger partial charge in [0, 0.05) is 29.1 Å². The van der Waals surface area contributed by atoms with Crippen LogP contribution < -0.4 is 15.4 Å². The minimum absolute atomic E-state index is 0.0755. The lowest BCUT2D eigenvalue weighted by Crippen LogP contribution is -2.31. The number of nitrogens with one attached hydrogen (secondary N) is 2. The van der Waals surface area contributed by atoms with Crippen molar-refractivity contribution in [3.63, 3.8) is 0 Å². The van der Waals surface area contributed by atoms with Crippen molar-refractivity contribution < 1.29 is 23.8 Å². The van der Waals surface area contributed by atoms with Gasteiger partial charge >= 0.3 is 0 Å². The third-order valence-corrected chi connectivity index (χ3v) is 7.16. The molecule has 2 aromatic carbocycles. The number of methoxy groups -OCH3 is 1. The second kappa shape index (κ2) is 11.4. The van der Waals surface area contributed by atoms with Crippen LogP contribution in [0, 0.1) is 0 Å². The van der Waals surface area contributed by atoms with Crippen LogP contribution in [0.25, 0.3) is 0 Å². The standard InChI is InChI=1S/C27H29N5O5S/c1-16-23(25(34)29-20-8-4-6-18(14-20)17(2)33)24(19-7-5-9-21(15-19)35-3)32-26(28-16)30-27(31-32)38-13-10-22-36-11-12-37-22/h4-9,14-15,22,24H,10-13H2,1-3H3,(H,29,34)(H,28,30,31). The van der Waals surface area contributed by atoms with Crippen molar-refractivity contribution in [2.75, 3.05) is 36.7 Å². The van der Waals surface area contributed by atoms with Gasteiger partial charge in [0.1, 0.15) is 11.8 Å². The Labute approximate surface area is 224 Å². The van der Waals surface area contributed by atoms with E-state index in [1.54, 1.807) is 36.1 Å². The quantitative estimate of drug-likeness (QED) is 0.306. The van der Waals surface area contributed by atoms with Crippen LogP contribution in [-0.2, 0) is 14.3 Å². The van der Waals surface area contributed by atoms with Gasteiger partial charge in [0.2, 0.25) is 11.1 Å². The van der Waals surface area contributed by atoms with E-state index in [-0.39, 0.29) is 18.0 Å². The van der Waals surface area contributed by atoms with Crippen molar-refractivity contribution in [2.24, 2.45) is 0 Å². The van der Waals surface area contributed by atoms with E-state index >= 15 is 0 Å². The number of ketones is 1. The fraction of sp³-hybridized carbons (Fsp3) is 0.333. The van der Waals surface area contributed by atoms with Gasteiger partial charge in [-0.2, -0.15) is 4.98 Å². The zero-order chi connectivity index (χ0) is 26.6. The lowest BCUT2D eigenvalue weighted by molar-refractivity contribution is -0.113. The Balaban J connectivity index is 1.45. The van der Waals surface area contributed by atoms with Crippen LogP contribution >= 0.6 is 11.8 Å². The second-order valence-electron chi connectivity index (χ2n) is 8.90. The topological polar surface area (TPSA) is 117 Å². The number of amides is 1. The number of fused-ring (bicyclic) bond motifs is 1. The van der Waals surface area contributed by atoms with Crippen LogP contribution in [0.5, 0.6) is 5.75 Å². The highest BCUT2D eigenvalue weighted by Crippen LogP contribution is 2.38. The van der Waals surface area contributed by atoms with E-state index in [0.717, 1.165) is 17.7 Å². The molecule has 2 aliphatic rings. The predicted octanol–water partition coefficient (Wildman–Crippen LogP) is 4.27. The van der Waals surface area contributed by atoms with Crippen LogP contribution in [-0.4, -0.2) is 58.8 Å². The van der Waals surface area contributed by atoms with Gasteiger partial charge in [-0.25, -0.2) is 4.68 Å². The average Bonchev–Trinajstić information content (AvgIpc) is 3.57. The number of carbonyl (C=O) groups excluding carboxylic acids is 2. The summed E-state index contributed by atoms with van der Waals surface area (Å²) in [5.74, 6) is 1.55. The molecule has 38 heavy (non-hydrogen) atoms. The van der Waals surface area contributed by atoms with Crippen molar-refractivity contribution >= 4 is 35.1 Å². The summed E-state index contributed by atoms with van der Waals surface area (Å²) in [6, 6.07) is 13.9. The largest absolute Gasteiger partial charge is 0.497 e. The minimum Gasteiger partial charge on any atom is -0.497 e. The van der Waals surface area contributed by atoms with Gasteiger partial charge in [-0.05, 0) is 43.7 Å². The zero-order valence-electron chi connectivity index (χ0n) is 21.4. The number of rotatable bonds is 9. The normalized spacial score (nSPS) is 17.2. The molecule has 0 radical (unpaired) electrons. The molecule has 1 saturated heterocycles.